The molecular formula is C21H26N2O5. The zero-order valence-corrected chi connectivity index (χ0v) is 16.4. The van der Waals surface area contributed by atoms with E-state index in [1.54, 1.807) is 19.1 Å². The van der Waals surface area contributed by atoms with Crippen molar-refractivity contribution in [1.82, 2.24) is 10.2 Å². The Morgan fingerprint density at radius 3 is 2.64 bits per heavy atom. The van der Waals surface area contributed by atoms with Crippen LogP contribution in [0.3, 0.4) is 0 Å². The minimum Gasteiger partial charge on any atom is -0.493 e. The van der Waals surface area contributed by atoms with Crippen molar-refractivity contribution in [3.63, 3.8) is 0 Å². The molecule has 0 aromatic heterocycles. The van der Waals surface area contributed by atoms with Gasteiger partial charge in [0.15, 0.2) is 29.1 Å². The zero-order valence-electron chi connectivity index (χ0n) is 16.4. The number of ether oxygens (including phenoxy) is 4. The van der Waals surface area contributed by atoms with Gasteiger partial charge in [0.05, 0.1) is 20.8 Å². The van der Waals surface area contributed by atoms with E-state index >= 15 is 0 Å². The Balaban J connectivity index is 1.59. The molecule has 0 aliphatic carbocycles. The van der Waals surface area contributed by atoms with Gasteiger partial charge in [-0.25, -0.2) is 4.79 Å². The van der Waals surface area contributed by atoms with E-state index in [1.807, 2.05) is 49.4 Å². The number of nitrogens with one attached hydrogen (secondary N) is 1. The molecule has 0 bridgehead atoms. The van der Waals surface area contributed by atoms with Gasteiger partial charge in [-0.1, -0.05) is 24.3 Å². The summed E-state index contributed by atoms with van der Waals surface area (Å²) < 4.78 is 22.4. The third kappa shape index (κ3) is 4.42. The van der Waals surface area contributed by atoms with Crippen LogP contribution in [0.1, 0.15) is 12.5 Å². The summed E-state index contributed by atoms with van der Waals surface area (Å²) in [5, 5.41) is 2.94. The number of hydrogen-bond donors (Lipinski definition) is 1. The Labute approximate surface area is 165 Å². The maximum atomic E-state index is 12.7. The Kier molecular flexibility index (Phi) is 6.47. The summed E-state index contributed by atoms with van der Waals surface area (Å²) in [5.41, 5.74) is 0.845. The molecule has 0 saturated heterocycles. The molecule has 1 atom stereocenters. The average molecular weight is 386 g/mol. The third-order valence-corrected chi connectivity index (χ3v) is 4.58. The number of para-hydroxylation sites is 3. The van der Waals surface area contributed by atoms with Gasteiger partial charge in [0.1, 0.15) is 6.61 Å². The van der Waals surface area contributed by atoms with Crippen LogP contribution in [0.5, 0.6) is 23.0 Å². The SMILES string of the molecule is CCN(C[C@@H]1COc2ccccc2O1)C(=O)NCc1cccc(OC)c1OC. The Morgan fingerprint density at radius 2 is 1.93 bits per heavy atom. The van der Waals surface area contributed by atoms with Crippen LogP contribution >= 0.6 is 0 Å². The molecule has 3 rings (SSSR count). The number of rotatable bonds is 7. The van der Waals surface area contributed by atoms with E-state index in [-0.39, 0.29) is 12.1 Å². The number of carbonyl (C=O) groups is 1. The molecule has 1 aliphatic rings. The molecule has 2 aromatic rings. The van der Waals surface area contributed by atoms with E-state index < -0.39 is 0 Å². The average Bonchev–Trinajstić information content (AvgIpc) is 2.75. The van der Waals surface area contributed by atoms with Crippen LogP contribution in [0.15, 0.2) is 42.5 Å². The van der Waals surface area contributed by atoms with Gasteiger partial charge in [0.2, 0.25) is 0 Å². The number of nitrogens with zero attached hydrogens (tertiary/aromatic N) is 1. The molecule has 2 amide bonds. The van der Waals surface area contributed by atoms with E-state index in [0.717, 1.165) is 11.3 Å². The van der Waals surface area contributed by atoms with Crippen molar-refractivity contribution in [1.29, 1.82) is 0 Å². The molecule has 1 N–H and O–H groups in total. The summed E-state index contributed by atoms with van der Waals surface area (Å²) in [5.74, 6) is 2.69. The summed E-state index contributed by atoms with van der Waals surface area (Å²) >= 11 is 0. The Morgan fingerprint density at radius 1 is 1.14 bits per heavy atom. The molecule has 0 unspecified atom stereocenters. The first-order chi connectivity index (χ1) is 13.7. The van der Waals surface area contributed by atoms with Crippen LogP contribution in [0, 0.1) is 0 Å². The summed E-state index contributed by atoms with van der Waals surface area (Å²) in [6.45, 7) is 3.67. The molecule has 0 spiro atoms. The van der Waals surface area contributed by atoms with Crippen molar-refractivity contribution in [2.45, 2.75) is 19.6 Å². The highest BCUT2D eigenvalue weighted by Gasteiger charge is 2.25. The minimum atomic E-state index is -0.216. The maximum Gasteiger partial charge on any atom is 0.317 e. The fraction of sp³-hybridized carbons (Fsp3) is 0.381. The number of urea groups is 1. The molecule has 1 heterocycles. The molecule has 28 heavy (non-hydrogen) atoms. The molecule has 0 radical (unpaired) electrons. The van der Waals surface area contributed by atoms with E-state index in [2.05, 4.69) is 5.32 Å². The highest BCUT2D eigenvalue weighted by Crippen LogP contribution is 2.31. The minimum absolute atomic E-state index is 0.171. The van der Waals surface area contributed by atoms with Gasteiger partial charge >= 0.3 is 6.03 Å². The van der Waals surface area contributed by atoms with Gasteiger partial charge < -0.3 is 29.2 Å². The van der Waals surface area contributed by atoms with Crippen molar-refractivity contribution in [2.75, 3.05) is 33.9 Å². The number of likely N-dealkylation sites (N-methyl/N-ethyl adjacent to an activating group) is 1. The second-order valence-electron chi connectivity index (χ2n) is 6.35. The molecule has 1 aliphatic heterocycles. The van der Waals surface area contributed by atoms with Gasteiger partial charge in [0.25, 0.3) is 0 Å². The normalized spacial score (nSPS) is 14.9. The predicted octanol–water partition coefficient (Wildman–Crippen LogP) is 3.08. The molecule has 7 nitrogen and oxygen atoms in total. The summed E-state index contributed by atoms with van der Waals surface area (Å²) in [6.07, 6.45) is -0.216. The number of amides is 2. The van der Waals surface area contributed by atoms with Gasteiger partial charge in [0, 0.05) is 18.7 Å². The summed E-state index contributed by atoms with van der Waals surface area (Å²) in [6, 6.07) is 13.0. The Bertz CT molecular complexity index is 811. The topological polar surface area (TPSA) is 69.3 Å². The maximum absolute atomic E-state index is 12.7. The van der Waals surface area contributed by atoms with Crippen molar-refractivity contribution < 1.29 is 23.7 Å². The van der Waals surface area contributed by atoms with Crippen LogP contribution in [0.25, 0.3) is 0 Å². The highest BCUT2D eigenvalue weighted by molar-refractivity contribution is 5.74. The number of fused-ring (bicyclic) bond motifs is 1. The fourth-order valence-electron chi connectivity index (χ4n) is 3.13. The first-order valence-electron chi connectivity index (χ1n) is 9.27. The molecule has 0 fully saturated rings. The first kappa shape index (κ1) is 19.7. The first-order valence-corrected chi connectivity index (χ1v) is 9.27. The largest absolute Gasteiger partial charge is 0.493 e. The summed E-state index contributed by atoms with van der Waals surface area (Å²) in [4.78, 5) is 14.4. The zero-order chi connectivity index (χ0) is 19.9. The Hall–Kier alpha value is -3.09. The van der Waals surface area contributed by atoms with Crippen LogP contribution in [-0.2, 0) is 6.54 Å². The molecule has 150 valence electrons. The number of hydrogen-bond acceptors (Lipinski definition) is 5. The van der Waals surface area contributed by atoms with Crippen molar-refractivity contribution in [3.05, 3.63) is 48.0 Å². The van der Waals surface area contributed by atoms with Crippen molar-refractivity contribution in [2.24, 2.45) is 0 Å². The highest BCUT2D eigenvalue weighted by atomic mass is 16.6. The van der Waals surface area contributed by atoms with E-state index in [0.29, 0.717) is 43.5 Å². The van der Waals surface area contributed by atoms with Crippen LogP contribution in [-0.4, -0.2) is 51.0 Å². The van der Waals surface area contributed by atoms with Crippen molar-refractivity contribution in [3.8, 4) is 23.0 Å². The fourth-order valence-corrected chi connectivity index (χ4v) is 3.13. The van der Waals surface area contributed by atoms with E-state index in [4.69, 9.17) is 18.9 Å². The predicted molar refractivity (Wildman–Crippen MR) is 105 cm³/mol. The lowest BCUT2D eigenvalue weighted by molar-refractivity contribution is 0.0675. The second kappa shape index (κ2) is 9.21. The van der Waals surface area contributed by atoms with Crippen LogP contribution in [0.2, 0.25) is 0 Å². The smallest absolute Gasteiger partial charge is 0.317 e. The number of carbonyl (C=O) groups excluding carboxylic acids is 1. The molecule has 7 heteroatoms. The molecule has 2 aromatic carbocycles. The second-order valence-corrected chi connectivity index (χ2v) is 6.35. The van der Waals surface area contributed by atoms with Crippen LogP contribution < -0.4 is 24.3 Å². The van der Waals surface area contributed by atoms with Gasteiger partial charge in [-0.05, 0) is 25.1 Å². The number of benzene rings is 2. The van der Waals surface area contributed by atoms with Crippen LogP contribution in [0.4, 0.5) is 4.79 Å². The summed E-state index contributed by atoms with van der Waals surface area (Å²) in [7, 11) is 3.17. The van der Waals surface area contributed by atoms with Gasteiger partial charge in [-0.15, -0.1) is 0 Å². The monoisotopic (exact) mass is 386 g/mol. The van der Waals surface area contributed by atoms with E-state index in [1.165, 1.54) is 0 Å². The lowest BCUT2D eigenvalue weighted by Gasteiger charge is -2.31. The van der Waals surface area contributed by atoms with Gasteiger partial charge in [-0.2, -0.15) is 0 Å². The van der Waals surface area contributed by atoms with E-state index in [9.17, 15) is 4.79 Å². The molecular weight excluding hydrogens is 360 g/mol. The number of methoxy groups -OCH3 is 2. The molecule has 0 saturated carbocycles. The lowest BCUT2D eigenvalue weighted by atomic mass is 10.2. The van der Waals surface area contributed by atoms with Crippen molar-refractivity contribution >= 4 is 6.03 Å². The standard InChI is InChI=1S/C21H26N2O5/c1-4-23(13-16-14-27-17-9-5-6-10-18(17)28-16)21(24)22-12-15-8-7-11-19(25-2)20(15)26-3/h5-11,16H,4,12-14H2,1-3H3,(H,22,24)/t16-/m1/s1. The lowest BCUT2D eigenvalue weighted by Crippen LogP contribution is -2.47. The van der Waals surface area contributed by atoms with Gasteiger partial charge in [-0.3, -0.25) is 0 Å². The third-order valence-electron chi connectivity index (χ3n) is 4.58. The quantitative estimate of drug-likeness (QED) is 0.792.